The van der Waals surface area contributed by atoms with E-state index < -0.39 is 17.3 Å². The summed E-state index contributed by atoms with van der Waals surface area (Å²) >= 11 is 13.1. The number of nitrogens with one attached hydrogen (secondary N) is 2. The van der Waals surface area contributed by atoms with E-state index in [4.69, 9.17) is 27.6 Å². The van der Waals surface area contributed by atoms with Crippen molar-refractivity contribution in [2.45, 2.75) is 11.4 Å². The molecule has 0 spiro atoms. The molecule has 1 unspecified atom stereocenters. The molecule has 2 N–H and O–H groups in total. The van der Waals surface area contributed by atoms with Gasteiger partial charge in [0.15, 0.2) is 0 Å². The van der Waals surface area contributed by atoms with Crippen molar-refractivity contribution in [3.63, 3.8) is 0 Å². The standard InChI is InChI=1S/C27H23Cl2N2O4PS/c28-26(21-9-3-1-4-10-21)19-36(32,20-27(29)22-11-5-2-6-12-22)31-23-13-7-15-25(17-23)37(33,34)30-18-24-14-8-16-35-24/h1-17,19-20,30H,18H2,(H,31,32)/b26-19+,27-20?. The number of benzene rings is 3. The van der Waals surface area contributed by atoms with Crippen LogP contribution in [0.3, 0.4) is 0 Å². The zero-order chi connectivity index (χ0) is 26.3. The van der Waals surface area contributed by atoms with Gasteiger partial charge in [0.2, 0.25) is 17.3 Å². The van der Waals surface area contributed by atoms with Gasteiger partial charge in [0, 0.05) is 17.3 Å². The molecule has 0 fully saturated rings. The second kappa shape index (κ2) is 12.0. The highest BCUT2D eigenvalue weighted by atomic mass is 35.5. The number of sulfonamides is 1. The topological polar surface area (TPSA) is 88.4 Å². The van der Waals surface area contributed by atoms with E-state index in [1.807, 2.05) is 36.4 Å². The zero-order valence-corrected chi connectivity index (χ0v) is 22.6. The molecule has 0 saturated heterocycles. The third-order valence-electron chi connectivity index (χ3n) is 5.17. The van der Waals surface area contributed by atoms with E-state index in [0.29, 0.717) is 22.6 Å². The van der Waals surface area contributed by atoms with Crippen LogP contribution in [-0.4, -0.2) is 8.42 Å². The quantitative estimate of drug-likeness (QED) is 0.188. The van der Waals surface area contributed by atoms with Gasteiger partial charge in [-0.25, -0.2) is 13.1 Å². The van der Waals surface area contributed by atoms with E-state index in [1.165, 1.54) is 30.0 Å². The number of halogens is 2. The highest BCUT2D eigenvalue weighted by Gasteiger charge is 2.21. The van der Waals surface area contributed by atoms with Crippen LogP contribution in [-0.2, 0) is 21.1 Å². The van der Waals surface area contributed by atoms with Crippen molar-refractivity contribution in [2.75, 3.05) is 5.09 Å². The van der Waals surface area contributed by atoms with Crippen molar-refractivity contribution in [3.05, 3.63) is 132 Å². The summed E-state index contributed by atoms with van der Waals surface area (Å²) in [5, 5.41) is 3.48. The molecule has 190 valence electrons. The molecular weight excluding hydrogens is 550 g/mol. The van der Waals surface area contributed by atoms with Crippen LogP contribution in [0.4, 0.5) is 5.69 Å². The van der Waals surface area contributed by atoms with Crippen molar-refractivity contribution in [2.24, 2.45) is 0 Å². The Balaban J connectivity index is 1.67. The Morgan fingerprint density at radius 3 is 1.95 bits per heavy atom. The van der Waals surface area contributed by atoms with Crippen molar-refractivity contribution in [1.82, 2.24) is 4.72 Å². The molecule has 0 aliphatic carbocycles. The monoisotopic (exact) mass is 572 g/mol. The molecule has 1 atom stereocenters. The zero-order valence-electron chi connectivity index (χ0n) is 19.4. The molecule has 0 bridgehead atoms. The predicted octanol–water partition coefficient (Wildman–Crippen LogP) is 7.92. The van der Waals surface area contributed by atoms with E-state index >= 15 is 0 Å². The second-order valence-electron chi connectivity index (χ2n) is 7.94. The maximum absolute atomic E-state index is 14.2. The average molecular weight is 573 g/mol. The van der Waals surface area contributed by atoms with Crippen LogP contribution >= 0.6 is 30.5 Å². The molecule has 10 heteroatoms. The Bertz CT molecular complexity index is 1500. The Morgan fingerprint density at radius 2 is 1.41 bits per heavy atom. The molecule has 0 aliphatic heterocycles. The SMILES string of the molecule is O=P(C=C(Cl)c1ccccc1)(/C=C(/Cl)c1ccccc1)Nc1cccc(S(=O)(=O)NCc2ccco2)c1. The predicted molar refractivity (Wildman–Crippen MR) is 151 cm³/mol. The summed E-state index contributed by atoms with van der Waals surface area (Å²) < 4.78 is 47.6. The molecule has 0 amide bonds. The highest BCUT2D eigenvalue weighted by Crippen LogP contribution is 2.53. The Hall–Kier alpha value is -3.06. The molecule has 1 heterocycles. The fourth-order valence-electron chi connectivity index (χ4n) is 3.38. The Labute approximate surface area is 226 Å². The van der Waals surface area contributed by atoms with Crippen molar-refractivity contribution in [1.29, 1.82) is 0 Å². The summed E-state index contributed by atoms with van der Waals surface area (Å²) in [6.45, 7) is -0.00365. The molecule has 0 radical (unpaired) electrons. The van der Waals surface area contributed by atoms with Gasteiger partial charge >= 0.3 is 0 Å². The lowest BCUT2D eigenvalue weighted by molar-refractivity contribution is 0.498. The van der Waals surface area contributed by atoms with E-state index in [1.54, 1.807) is 48.5 Å². The van der Waals surface area contributed by atoms with Crippen LogP contribution in [0, 0.1) is 0 Å². The largest absolute Gasteiger partial charge is 0.468 e. The summed E-state index contributed by atoms with van der Waals surface area (Å²) in [5.41, 5.74) is 1.66. The lowest BCUT2D eigenvalue weighted by atomic mass is 10.2. The average Bonchev–Trinajstić information content (AvgIpc) is 3.42. The number of rotatable bonds is 10. The van der Waals surface area contributed by atoms with Crippen LogP contribution in [0.15, 0.2) is 124 Å². The van der Waals surface area contributed by atoms with E-state index in [0.717, 1.165) is 0 Å². The lowest BCUT2D eigenvalue weighted by Crippen LogP contribution is -2.23. The van der Waals surface area contributed by atoms with Crippen LogP contribution in [0.25, 0.3) is 10.1 Å². The van der Waals surface area contributed by atoms with Gasteiger partial charge in [-0.15, -0.1) is 0 Å². The van der Waals surface area contributed by atoms with Gasteiger partial charge in [0.25, 0.3) is 0 Å². The molecule has 0 saturated carbocycles. The molecule has 4 aromatic rings. The van der Waals surface area contributed by atoms with Gasteiger partial charge < -0.3 is 9.50 Å². The first-order valence-corrected chi connectivity index (χ1v) is 15.2. The summed E-state index contributed by atoms with van der Waals surface area (Å²) in [6, 6.07) is 27.5. The van der Waals surface area contributed by atoms with Gasteiger partial charge in [-0.2, -0.15) is 0 Å². The lowest BCUT2D eigenvalue weighted by Gasteiger charge is -2.17. The summed E-state index contributed by atoms with van der Waals surface area (Å²) in [5.74, 6) is 3.29. The van der Waals surface area contributed by atoms with Crippen LogP contribution in [0.5, 0.6) is 0 Å². The highest BCUT2D eigenvalue weighted by molar-refractivity contribution is 7.89. The molecule has 0 aliphatic rings. The van der Waals surface area contributed by atoms with Crippen molar-refractivity contribution >= 4 is 56.3 Å². The van der Waals surface area contributed by atoms with Crippen molar-refractivity contribution < 1.29 is 17.4 Å². The maximum atomic E-state index is 14.2. The van der Waals surface area contributed by atoms with Gasteiger partial charge in [-0.3, -0.25) is 4.57 Å². The van der Waals surface area contributed by atoms with Gasteiger partial charge in [0.1, 0.15) is 5.76 Å². The summed E-state index contributed by atoms with van der Waals surface area (Å²) in [4.78, 5) is -0.00752. The Morgan fingerprint density at radius 1 is 0.811 bits per heavy atom. The third kappa shape index (κ3) is 7.48. The first-order valence-electron chi connectivity index (χ1n) is 11.1. The number of hydrogen-bond acceptors (Lipinski definition) is 4. The first kappa shape index (κ1) is 27.0. The Kier molecular flexibility index (Phi) is 8.75. The molecule has 4 rings (SSSR count). The fourth-order valence-corrected chi connectivity index (χ4v) is 7.26. The molecule has 1 aromatic heterocycles. The summed E-state index contributed by atoms with van der Waals surface area (Å²) in [6.07, 6.45) is 1.47. The van der Waals surface area contributed by atoms with E-state index in [2.05, 4.69) is 9.81 Å². The summed E-state index contributed by atoms with van der Waals surface area (Å²) in [7, 11) is -7.45. The van der Waals surface area contributed by atoms with Crippen molar-refractivity contribution in [3.8, 4) is 0 Å². The van der Waals surface area contributed by atoms with Gasteiger partial charge in [-0.1, -0.05) is 89.9 Å². The smallest absolute Gasteiger partial charge is 0.241 e. The fraction of sp³-hybridized carbons (Fsp3) is 0.0370. The minimum Gasteiger partial charge on any atom is -0.468 e. The second-order valence-corrected chi connectivity index (χ2v) is 12.7. The normalized spacial score (nSPS) is 14.2. The molecule has 37 heavy (non-hydrogen) atoms. The van der Waals surface area contributed by atoms with Gasteiger partial charge in [0.05, 0.1) is 27.8 Å². The minimum atomic E-state index is -3.87. The molecular formula is C27H23Cl2N2O4PS. The van der Waals surface area contributed by atoms with Crippen LogP contribution < -0.4 is 9.81 Å². The van der Waals surface area contributed by atoms with E-state index in [-0.39, 0.29) is 21.5 Å². The number of furan rings is 1. The molecule has 3 aromatic carbocycles. The molecule has 6 nitrogen and oxygen atoms in total. The number of hydrogen-bond donors (Lipinski definition) is 2. The van der Waals surface area contributed by atoms with Crippen LogP contribution in [0.1, 0.15) is 16.9 Å². The third-order valence-corrected chi connectivity index (χ3v) is 9.42. The van der Waals surface area contributed by atoms with Crippen LogP contribution in [0.2, 0.25) is 0 Å². The van der Waals surface area contributed by atoms with Gasteiger partial charge in [-0.05, 0) is 41.5 Å². The number of anilines is 1. The minimum absolute atomic E-state index is 0.00365. The van der Waals surface area contributed by atoms with E-state index in [9.17, 15) is 13.0 Å². The first-order chi connectivity index (χ1) is 17.7. The maximum Gasteiger partial charge on any atom is 0.241 e.